The quantitative estimate of drug-likeness (QED) is 0.701. The van der Waals surface area contributed by atoms with Gasteiger partial charge in [0.05, 0.1) is 0 Å². The van der Waals surface area contributed by atoms with E-state index in [0.717, 1.165) is 10.9 Å². The van der Waals surface area contributed by atoms with Crippen molar-refractivity contribution >= 4 is 13.2 Å². The Morgan fingerprint density at radius 1 is 0.938 bits per heavy atom. The van der Waals surface area contributed by atoms with E-state index in [1.54, 1.807) is 0 Å². The second-order valence-electron chi connectivity index (χ2n) is 3.70. The summed E-state index contributed by atoms with van der Waals surface area (Å²) in [7, 11) is -0.685. The standard InChI is InChI=1S/C14H14FP/c1-16(11-15)14-10-6-5-9-13(14)12-7-3-2-4-8-12/h2-10H,11H2,1H3. The van der Waals surface area contributed by atoms with Crippen LogP contribution >= 0.6 is 7.92 Å². The Morgan fingerprint density at radius 3 is 2.25 bits per heavy atom. The Morgan fingerprint density at radius 2 is 1.56 bits per heavy atom. The van der Waals surface area contributed by atoms with Gasteiger partial charge in [-0.15, -0.1) is 0 Å². The molecule has 0 aliphatic heterocycles. The summed E-state index contributed by atoms with van der Waals surface area (Å²) in [5.41, 5.74) is 2.33. The third kappa shape index (κ3) is 2.31. The van der Waals surface area contributed by atoms with Crippen LogP contribution in [0.5, 0.6) is 0 Å². The maximum absolute atomic E-state index is 12.8. The highest BCUT2D eigenvalue weighted by Crippen LogP contribution is 2.34. The van der Waals surface area contributed by atoms with Crippen molar-refractivity contribution in [3.05, 3.63) is 54.6 Å². The molecule has 0 aliphatic rings. The van der Waals surface area contributed by atoms with Gasteiger partial charge in [-0.3, -0.25) is 0 Å². The minimum absolute atomic E-state index is 0.251. The first-order chi connectivity index (χ1) is 7.83. The van der Waals surface area contributed by atoms with Gasteiger partial charge >= 0.3 is 0 Å². The first-order valence-electron chi connectivity index (χ1n) is 5.24. The fourth-order valence-corrected chi connectivity index (χ4v) is 2.82. The van der Waals surface area contributed by atoms with Gasteiger partial charge in [0.2, 0.25) is 0 Å². The first kappa shape index (κ1) is 11.3. The number of rotatable bonds is 3. The number of hydrogen-bond donors (Lipinski definition) is 0. The summed E-state index contributed by atoms with van der Waals surface area (Å²) < 4.78 is 12.8. The van der Waals surface area contributed by atoms with E-state index in [4.69, 9.17) is 0 Å². The zero-order valence-electron chi connectivity index (χ0n) is 9.23. The van der Waals surface area contributed by atoms with Crippen LogP contribution in [0.4, 0.5) is 4.39 Å². The third-order valence-corrected chi connectivity index (χ3v) is 4.15. The summed E-state index contributed by atoms with van der Waals surface area (Å²) in [6.45, 7) is 1.98. The third-order valence-electron chi connectivity index (χ3n) is 2.58. The summed E-state index contributed by atoms with van der Waals surface area (Å²) in [5, 5.41) is 1.14. The van der Waals surface area contributed by atoms with Crippen molar-refractivity contribution in [2.75, 3.05) is 13.1 Å². The molecule has 0 spiro atoms. The lowest BCUT2D eigenvalue weighted by Crippen LogP contribution is -2.04. The number of hydrogen-bond acceptors (Lipinski definition) is 0. The Bertz CT molecular complexity index is 453. The Hall–Kier alpha value is -1.20. The molecule has 0 saturated carbocycles. The van der Waals surface area contributed by atoms with Crippen molar-refractivity contribution in [3.63, 3.8) is 0 Å². The van der Waals surface area contributed by atoms with Crippen LogP contribution in [0, 0.1) is 0 Å². The Labute approximate surface area is 96.9 Å². The van der Waals surface area contributed by atoms with Crippen molar-refractivity contribution in [1.82, 2.24) is 0 Å². The average molecular weight is 232 g/mol. The molecule has 0 aromatic heterocycles. The van der Waals surface area contributed by atoms with E-state index >= 15 is 0 Å². The molecular formula is C14H14FP. The summed E-state index contributed by atoms with van der Waals surface area (Å²) in [6.07, 6.45) is -0.251. The fraction of sp³-hybridized carbons (Fsp3) is 0.143. The lowest BCUT2D eigenvalue weighted by atomic mass is 10.1. The topological polar surface area (TPSA) is 0 Å². The van der Waals surface area contributed by atoms with Gasteiger partial charge < -0.3 is 0 Å². The predicted octanol–water partition coefficient (Wildman–Crippen LogP) is 4.02. The highest BCUT2D eigenvalue weighted by atomic mass is 31.1. The van der Waals surface area contributed by atoms with E-state index in [1.165, 1.54) is 5.56 Å². The Balaban J connectivity index is 2.49. The molecule has 2 aromatic carbocycles. The number of halogens is 1. The number of benzene rings is 2. The van der Waals surface area contributed by atoms with Crippen LogP contribution in [0.15, 0.2) is 54.6 Å². The monoisotopic (exact) mass is 232 g/mol. The molecule has 0 bridgehead atoms. The fourth-order valence-electron chi connectivity index (χ4n) is 1.73. The Kier molecular flexibility index (Phi) is 3.69. The van der Waals surface area contributed by atoms with E-state index in [1.807, 2.05) is 43.1 Å². The molecular weight excluding hydrogens is 218 g/mol. The lowest BCUT2D eigenvalue weighted by Gasteiger charge is -2.13. The van der Waals surface area contributed by atoms with Crippen LogP contribution < -0.4 is 5.30 Å². The molecule has 0 nitrogen and oxygen atoms in total. The largest absolute Gasteiger partial charge is 0.246 e. The maximum Gasteiger partial charge on any atom is 0.112 e. The van der Waals surface area contributed by atoms with Gasteiger partial charge in [-0.1, -0.05) is 54.6 Å². The maximum atomic E-state index is 12.8. The molecule has 1 unspecified atom stereocenters. The van der Waals surface area contributed by atoms with Crippen molar-refractivity contribution in [1.29, 1.82) is 0 Å². The highest BCUT2D eigenvalue weighted by Gasteiger charge is 2.10. The molecule has 16 heavy (non-hydrogen) atoms. The average Bonchev–Trinajstić information content (AvgIpc) is 2.39. The summed E-state index contributed by atoms with van der Waals surface area (Å²) >= 11 is 0. The van der Waals surface area contributed by atoms with Crippen molar-refractivity contribution in [2.45, 2.75) is 0 Å². The van der Waals surface area contributed by atoms with Crippen molar-refractivity contribution < 1.29 is 4.39 Å². The van der Waals surface area contributed by atoms with Crippen LogP contribution in [0.1, 0.15) is 0 Å². The molecule has 0 radical (unpaired) electrons. The summed E-state index contributed by atoms with van der Waals surface area (Å²) in [4.78, 5) is 0. The molecule has 2 heteroatoms. The smallest absolute Gasteiger partial charge is 0.112 e. The molecule has 0 amide bonds. The highest BCUT2D eigenvalue weighted by molar-refractivity contribution is 7.65. The lowest BCUT2D eigenvalue weighted by molar-refractivity contribution is 0.601. The second-order valence-corrected chi connectivity index (χ2v) is 5.82. The van der Waals surface area contributed by atoms with Crippen LogP contribution in [0.2, 0.25) is 0 Å². The second kappa shape index (κ2) is 5.23. The summed E-state index contributed by atoms with van der Waals surface area (Å²) in [6, 6.07) is 18.3. The van der Waals surface area contributed by atoms with Gasteiger partial charge in [0, 0.05) is 0 Å². The predicted molar refractivity (Wildman–Crippen MR) is 70.3 cm³/mol. The van der Waals surface area contributed by atoms with E-state index in [2.05, 4.69) is 18.2 Å². The van der Waals surface area contributed by atoms with Gasteiger partial charge in [0.25, 0.3) is 0 Å². The molecule has 2 rings (SSSR count). The van der Waals surface area contributed by atoms with Crippen LogP contribution in [0.25, 0.3) is 11.1 Å². The molecule has 2 aromatic rings. The van der Waals surface area contributed by atoms with Gasteiger partial charge in [-0.2, -0.15) is 0 Å². The molecule has 0 aliphatic carbocycles. The van der Waals surface area contributed by atoms with Crippen LogP contribution in [0.3, 0.4) is 0 Å². The van der Waals surface area contributed by atoms with Crippen molar-refractivity contribution in [3.8, 4) is 11.1 Å². The minimum Gasteiger partial charge on any atom is -0.246 e. The molecule has 0 heterocycles. The zero-order valence-corrected chi connectivity index (χ0v) is 10.1. The normalized spacial score (nSPS) is 12.4. The van der Waals surface area contributed by atoms with E-state index in [9.17, 15) is 4.39 Å². The number of alkyl halides is 1. The molecule has 82 valence electrons. The molecule has 0 N–H and O–H groups in total. The van der Waals surface area contributed by atoms with Crippen LogP contribution in [-0.2, 0) is 0 Å². The molecule has 1 atom stereocenters. The minimum atomic E-state index is -0.685. The van der Waals surface area contributed by atoms with E-state index < -0.39 is 7.92 Å². The van der Waals surface area contributed by atoms with Gasteiger partial charge in [0.1, 0.15) is 6.42 Å². The van der Waals surface area contributed by atoms with Gasteiger partial charge in [-0.05, 0) is 31.0 Å². The van der Waals surface area contributed by atoms with E-state index in [-0.39, 0.29) is 6.42 Å². The molecule has 0 saturated heterocycles. The zero-order chi connectivity index (χ0) is 11.4. The van der Waals surface area contributed by atoms with E-state index in [0.29, 0.717) is 0 Å². The van der Waals surface area contributed by atoms with Gasteiger partial charge in [-0.25, -0.2) is 4.39 Å². The first-order valence-corrected chi connectivity index (χ1v) is 7.22. The molecule has 0 fully saturated rings. The van der Waals surface area contributed by atoms with Crippen LogP contribution in [-0.4, -0.2) is 13.1 Å². The van der Waals surface area contributed by atoms with Gasteiger partial charge in [0.15, 0.2) is 0 Å². The SMILES string of the molecule is CP(CF)c1ccccc1-c1ccccc1. The summed E-state index contributed by atoms with van der Waals surface area (Å²) in [5.74, 6) is 0. The van der Waals surface area contributed by atoms with Crippen molar-refractivity contribution in [2.24, 2.45) is 0 Å².